The van der Waals surface area contributed by atoms with Gasteiger partial charge in [0.15, 0.2) is 5.82 Å². The lowest BCUT2D eigenvalue weighted by Crippen LogP contribution is -2.60. The summed E-state index contributed by atoms with van der Waals surface area (Å²) in [5, 5.41) is 3.14. The van der Waals surface area contributed by atoms with E-state index in [0.29, 0.717) is 59.2 Å². The average Bonchev–Trinajstić information content (AvgIpc) is 3.98. The average molecular weight is 879 g/mol. The van der Waals surface area contributed by atoms with Crippen molar-refractivity contribution < 1.29 is 36.0 Å². The first kappa shape index (κ1) is 41.0. The zero-order valence-corrected chi connectivity index (χ0v) is 35.1. The van der Waals surface area contributed by atoms with Gasteiger partial charge in [0.25, 0.3) is 5.91 Å². The molecule has 10 rings (SSSR count). The van der Waals surface area contributed by atoms with E-state index in [0.717, 1.165) is 72.3 Å². The summed E-state index contributed by atoms with van der Waals surface area (Å²) in [7, 11) is -4.35. The van der Waals surface area contributed by atoms with E-state index >= 15 is 8.78 Å². The van der Waals surface area contributed by atoms with Gasteiger partial charge in [-0.3, -0.25) is 24.0 Å². The van der Waals surface area contributed by atoms with Crippen LogP contribution in [0.25, 0.3) is 22.2 Å². The second kappa shape index (κ2) is 15.9. The van der Waals surface area contributed by atoms with Crippen molar-refractivity contribution in [2.45, 2.75) is 62.8 Å². The fraction of sp³-hybridized carbons (Fsp3) is 0.348. The molecule has 0 bridgehead atoms. The second-order valence-electron chi connectivity index (χ2n) is 17.2. The predicted octanol–water partition coefficient (Wildman–Crippen LogP) is 6.26. The van der Waals surface area contributed by atoms with Crippen molar-refractivity contribution >= 4 is 50.2 Å². The van der Waals surface area contributed by atoms with Gasteiger partial charge < -0.3 is 20.1 Å². The van der Waals surface area contributed by atoms with Gasteiger partial charge in [-0.15, -0.1) is 0 Å². The highest BCUT2D eigenvalue weighted by atomic mass is 32.2. The van der Waals surface area contributed by atoms with Gasteiger partial charge in [-0.25, -0.2) is 18.2 Å². The van der Waals surface area contributed by atoms with Gasteiger partial charge in [-0.1, -0.05) is 30.8 Å². The van der Waals surface area contributed by atoms with Crippen molar-refractivity contribution in [3.05, 3.63) is 125 Å². The number of aromatic amines is 1. The third kappa shape index (κ3) is 7.54. The van der Waals surface area contributed by atoms with Crippen LogP contribution in [-0.4, -0.2) is 108 Å². The highest BCUT2D eigenvalue weighted by molar-refractivity contribution is 7.90. The van der Waals surface area contributed by atoms with Crippen LogP contribution in [-0.2, 0) is 21.5 Å². The Morgan fingerprint density at radius 3 is 2.41 bits per heavy atom. The van der Waals surface area contributed by atoms with Gasteiger partial charge in [0.05, 0.1) is 11.3 Å². The zero-order chi connectivity index (χ0) is 43.7. The number of nitrogens with one attached hydrogen (secondary N) is 3. The summed E-state index contributed by atoms with van der Waals surface area (Å²) in [6.45, 7) is 7.59. The van der Waals surface area contributed by atoms with Crippen LogP contribution >= 0.6 is 0 Å². The molecule has 0 spiro atoms. The summed E-state index contributed by atoms with van der Waals surface area (Å²) in [4.78, 5) is 53.5. The molecule has 63 heavy (non-hydrogen) atoms. The molecule has 2 atom stereocenters. The number of benzene rings is 3. The number of alkyl halides is 1. The fourth-order valence-corrected chi connectivity index (χ4v) is 11.0. The number of aromatic nitrogens is 2. The van der Waals surface area contributed by atoms with Gasteiger partial charge in [0.1, 0.15) is 23.7 Å². The molecule has 3 N–H and O–H groups in total. The van der Waals surface area contributed by atoms with Gasteiger partial charge in [0.2, 0.25) is 11.7 Å². The van der Waals surface area contributed by atoms with Crippen molar-refractivity contribution in [3.63, 3.8) is 0 Å². The minimum atomic E-state index is -4.35. The molecule has 4 saturated heterocycles. The fourth-order valence-electron chi connectivity index (χ4n) is 9.71. The molecule has 0 radical (unpaired) electrons. The van der Waals surface area contributed by atoms with Gasteiger partial charge in [-0.05, 0) is 104 Å². The Bertz CT molecular complexity index is 2800. The predicted molar refractivity (Wildman–Crippen MR) is 231 cm³/mol. The number of fused-ring (bicyclic) bond motifs is 2. The number of carbonyl (C=O) groups is 3. The van der Waals surface area contributed by atoms with Crippen LogP contribution in [0.5, 0.6) is 0 Å². The third-order valence-electron chi connectivity index (χ3n) is 13.4. The molecule has 17 heteroatoms. The number of likely N-dealkylation sites (tertiary alicyclic amines) is 1. The Hall–Kier alpha value is -6.04. The number of allylic oxidation sites excluding steroid dienone is 1. The van der Waals surface area contributed by atoms with E-state index in [1.54, 1.807) is 17.2 Å². The lowest BCUT2D eigenvalue weighted by Gasteiger charge is -2.48. The van der Waals surface area contributed by atoms with Crippen molar-refractivity contribution in [2.75, 3.05) is 48.9 Å². The first-order chi connectivity index (χ1) is 30.3. The maximum atomic E-state index is 15.8. The van der Waals surface area contributed by atoms with Crippen LogP contribution < -0.4 is 14.9 Å². The molecule has 5 aliphatic heterocycles. The number of hydrogen-bond acceptors (Lipinski definition) is 8. The maximum absolute atomic E-state index is 15.8. The molecule has 5 aliphatic rings. The van der Waals surface area contributed by atoms with Crippen molar-refractivity contribution in [3.8, 4) is 11.1 Å². The van der Waals surface area contributed by atoms with E-state index in [1.807, 2.05) is 29.0 Å². The molecule has 5 aromatic rings. The molecule has 0 saturated carbocycles. The largest absolute Gasteiger partial charge is 0.368 e. The molecule has 7 heterocycles. The summed E-state index contributed by atoms with van der Waals surface area (Å²) in [5.41, 5.74) is 4.94. The summed E-state index contributed by atoms with van der Waals surface area (Å²) in [5.74, 6) is -3.40. The van der Waals surface area contributed by atoms with E-state index in [2.05, 4.69) is 49.9 Å². The lowest BCUT2D eigenvalue weighted by molar-refractivity contribution is -0.126. The van der Waals surface area contributed by atoms with E-state index in [-0.39, 0.29) is 36.9 Å². The molecule has 2 aromatic heterocycles. The quantitative estimate of drug-likeness (QED) is 0.139. The van der Waals surface area contributed by atoms with Crippen molar-refractivity contribution in [1.82, 2.24) is 29.4 Å². The van der Waals surface area contributed by atoms with Crippen LogP contribution in [0.2, 0.25) is 0 Å². The first-order valence-corrected chi connectivity index (χ1v) is 22.7. The summed E-state index contributed by atoms with van der Waals surface area (Å²) in [6.07, 6.45) is 4.92. The van der Waals surface area contributed by atoms with E-state index in [1.165, 1.54) is 11.8 Å². The normalized spacial score (nSPS) is 21.5. The molecular weight excluding hydrogens is 834 g/mol. The Morgan fingerprint density at radius 1 is 0.905 bits per heavy atom. The van der Waals surface area contributed by atoms with Crippen molar-refractivity contribution in [2.24, 2.45) is 0 Å². The summed E-state index contributed by atoms with van der Waals surface area (Å²) >= 11 is 0. The standard InChI is InChI=1S/C46H45F3N8O5S/c1-26-2-11-40(45(59)52-26)57-22-31-18-33(7-8-35(31)46(57)60)55-24-34(25-55)54-15-12-29(13-16-54)27-3-5-28(6-4-27)30-19-36-37(21-51-44(36)50-20-30)43(58)41-38(48)9-10-39(42(41)49)53-63(61,62)56-17-14-32(47)23-56/h3-10,18-21,29,32,34,40,53H,1-2,11-17,22-25H2,(H,50,51)(H,52,59)/t32-,40?/m1/s1. The summed E-state index contributed by atoms with van der Waals surface area (Å²) in [6, 6.07) is 17.7. The monoisotopic (exact) mass is 878 g/mol. The van der Waals surface area contributed by atoms with Crippen LogP contribution in [0.1, 0.15) is 75.4 Å². The Morgan fingerprint density at radius 2 is 1.68 bits per heavy atom. The molecule has 326 valence electrons. The molecule has 13 nitrogen and oxygen atoms in total. The number of hydrogen-bond donors (Lipinski definition) is 3. The van der Waals surface area contributed by atoms with Gasteiger partial charge in [0, 0.05) is 84.6 Å². The molecule has 1 unspecified atom stereocenters. The molecule has 2 amide bonds. The van der Waals surface area contributed by atoms with Crippen LogP contribution in [0.3, 0.4) is 0 Å². The molecular formula is C46H45F3N8O5S. The van der Waals surface area contributed by atoms with Crippen molar-refractivity contribution in [1.29, 1.82) is 0 Å². The Labute approximate surface area is 362 Å². The number of pyridine rings is 1. The third-order valence-corrected chi connectivity index (χ3v) is 14.9. The molecule has 0 aliphatic carbocycles. The topological polar surface area (TPSA) is 151 Å². The number of ketones is 1. The molecule has 3 aromatic carbocycles. The SMILES string of the molecule is C=C1CCC(N2Cc3cc(N4CC(N5CCC(c6ccc(-c7cnc8[nH]cc(C(=O)c9c(F)ccc(NS(=O)(=O)N%10CC[C@@H](F)C%10)c9F)c8c7)cc6)CC5)C4)ccc3C2=O)C(=O)N1. The Kier molecular flexibility index (Phi) is 10.4. The minimum Gasteiger partial charge on any atom is -0.368 e. The smallest absolute Gasteiger partial charge is 0.301 e. The van der Waals surface area contributed by atoms with E-state index < -0.39 is 51.1 Å². The number of nitrogens with zero attached hydrogens (tertiary/aromatic N) is 5. The number of H-pyrrole nitrogens is 1. The van der Waals surface area contributed by atoms with E-state index in [4.69, 9.17) is 0 Å². The van der Waals surface area contributed by atoms with Crippen LogP contribution in [0, 0.1) is 11.6 Å². The van der Waals surface area contributed by atoms with E-state index in [9.17, 15) is 27.2 Å². The minimum absolute atomic E-state index is 0.00637. The van der Waals surface area contributed by atoms with Crippen LogP contribution in [0.15, 0.2) is 85.3 Å². The van der Waals surface area contributed by atoms with Gasteiger partial charge in [-0.2, -0.15) is 12.7 Å². The zero-order valence-electron chi connectivity index (χ0n) is 34.2. The molecule has 4 fully saturated rings. The lowest BCUT2D eigenvalue weighted by atomic mass is 9.87. The van der Waals surface area contributed by atoms with Crippen LogP contribution in [0.4, 0.5) is 24.5 Å². The summed E-state index contributed by atoms with van der Waals surface area (Å²) < 4.78 is 73.1. The highest BCUT2D eigenvalue weighted by Gasteiger charge is 2.40. The number of halogens is 3. The number of piperidine rings is 2. The number of amides is 2. The number of anilines is 2. The van der Waals surface area contributed by atoms with Gasteiger partial charge >= 0.3 is 10.2 Å². The number of carbonyl (C=O) groups excluding carboxylic acids is 3. The highest BCUT2D eigenvalue weighted by Crippen LogP contribution is 2.37. The Balaban J connectivity index is 0.759. The first-order valence-electron chi connectivity index (χ1n) is 21.2. The second-order valence-corrected chi connectivity index (χ2v) is 18.9. The number of rotatable bonds is 10. The maximum Gasteiger partial charge on any atom is 0.301 e.